The predicted octanol–water partition coefficient (Wildman–Crippen LogP) is 0.778. The van der Waals surface area contributed by atoms with E-state index >= 15 is 0 Å². The van der Waals surface area contributed by atoms with E-state index in [0.717, 1.165) is 44.9 Å². The van der Waals surface area contributed by atoms with Gasteiger partial charge in [-0.15, -0.1) is 11.6 Å². The first-order valence-corrected chi connectivity index (χ1v) is 5.30. The standard InChI is InChI=1S/C9H17ClN2O/c1-9-7-11(8-13)5-6-12(9)4-2-3-10/h8-9H,2-7H2,1H3. The fourth-order valence-electron chi connectivity index (χ4n) is 1.71. The van der Waals surface area contributed by atoms with Crippen molar-refractivity contribution in [3.8, 4) is 0 Å². The summed E-state index contributed by atoms with van der Waals surface area (Å²) in [5, 5.41) is 0. The predicted molar refractivity (Wildman–Crippen MR) is 54.0 cm³/mol. The van der Waals surface area contributed by atoms with Crippen molar-refractivity contribution in [2.75, 3.05) is 32.1 Å². The molecule has 1 unspecified atom stereocenters. The molecule has 76 valence electrons. The van der Waals surface area contributed by atoms with E-state index in [9.17, 15) is 4.79 Å². The summed E-state index contributed by atoms with van der Waals surface area (Å²) in [5.41, 5.74) is 0. The highest BCUT2D eigenvalue weighted by Crippen LogP contribution is 2.08. The Hall–Kier alpha value is -0.280. The van der Waals surface area contributed by atoms with Gasteiger partial charge in [-0.1, -0.05) is 0 Å². The molecule has 0 spiro atoms. The zero-order valence-corrected chi connectivity index (χ0v) is 8.83. The van der Waals surface area contributed by atoms with Crippen molar-refractivity contribution in [2.45, 2.75) is 19.4 Å². The molecule has 0 bridgehead atoms. The summed E-state index contributed by atoms with van der Waals surface area (Å²) in [6.07, 6.45) is 1.97. The number of nitrogens with zero attached hydrogens (tertiary/aromatic N) is 2. The van der Waals surface area contributed by atoms with Crippen molar-refractivity contribution >= 4 is 18.0 Å². The zero-order chi connectivity index (χ0) is 9.68. The van der Waals surface area contributed by atoms with Crippen molar-refractivity contribution < 1.29 is 4.79 Å². The summed E-state index contributed by atoms with van der Waals surface area (Å²) in [6.45, 7) is 5.90. The molecule has 13 heavy (non-hydrogen) atoms. The molecule has 0 saturated carbocycles. The van der Waals surface area contributed by atoms with Crippen LogP contribution in [0.15, 0.2) is 0 Å². The Morgan fingerprint density at radius 3 is 2.85 bits per heavy atom. The van der Waals surface area contributed by atoms with Gasteiger partial charge >= 0.3 is 0 Å². The molecule has 0 aromatic carbocycles. The Labute approximate surface area is 84.6 Å². The van der Waals surface area contributed by atoms with Crippen LogP contribution >= 0.6 is 11.6 Å². The average molecular weight is 205 g/mol. The van der Waals surface area contributed by atoms with Crippen LogP contribution in [0.25, 0.3) is 0 Å². The van der Waals surface area contributed by atoms with E-state index in [1.165, 1.54) is 0 Å². The fraction of sp³-hybridized carbons (Fsp3) is 0.889. The third kappa shape index (κ3) is 3.16. The highest BCUT2D eigenvalue weighted by atomic mass is 35.5. The first-order chi connectivity index (χ1) is 6.27. The van der Waals surface area contributed by atoms with Gasteiger partial charge in [-0.3, -0.25) is 9.69 Å². The van der Waals surface area contributed by atoms with Crippen LogP contribution in [-0.2, 0) is 4.79 Å². The lowest BCUT2D eigenvalue weighted by Crippen LogP contribution is -2.51. The Morgan fingerprint density at radius 1 is 1.54 bits per heavy atom. The van der Waals surface area contributed by atoms with Crippen LogP contribution in [0.1, 0.15) is 13.3 Å². The van der Waals surface area contributed by atoms with E-state index in [0.29, 0.717) is 6.04 Å². The highest BCUT2D eigenvalue weighted by Gasteiger charge is 2.21. The highest BCUT2D eigenvalue weighted by molar-refractivity contribution is 6.17. The first kappa shape index (κ1) is 10.8. The lowest BCUT2D eigenvalue weighted by Gasteiger charge is -2.38. The molecule has 1 rings (SSSR count). The molecule has 1 fully saturated rings. The summed E-state index contributed by atoms with van der Waals surface area (Å²) >= 11 is 5.63. The summed E-state index contributed by atoms with van der Waals surface area (Å²) in [6, 6.07) is 0.474. The molecule has 3 nitrogen and oxygen atoms in total. The number of amides is 1. The smallest absolute Gasteiger partial charge is 0.209 e. The van der Waals surface area contributed by atoms with Crippen molar-refractivity contribution in [2.24, 2.45) is 0 Å². The van der Waals surface area contributed by atoms with E-state index in [-0.39, 0.29) is 0 Å². The van der Waals surface area contributed by atoms with Crippen LogP contribution in [0, 0.1) is 0 Å². The third-order valence-corrected chi connectivity index (χ3v) is 2.79. The van der Waals surface area contributed by atoms with Crippen molar-refractivity contribution in [3.05, 3.63) is 0 Å². The third-order valence-electron chi connectivity index (χ3n) is 2.52. The van der Waals surface area contributed by atoms with Crippen LogP contribution in [0.2, 0.25) is 0 Å². The minimum atomic E-state index is 0.474. The molecule has 0 aromatic rings. The molecule has 0 aromatic heterocycles. The topological polar surface area (TPSA) is 23.6 Å². The second-order valence-electron chi connectivity index (χ2n) is 3.53. The fourth-order valence-corrected chi connectivity index (χ4v) is 1.83. The molecular weight excluding hydrogens is 188 g/mol. The van der Waals surface area contributed by atoms with Crippen molar-refractivity contribution in [1.82, 2.24) is 9.80 Å². The van der Waals surface area contributed by atoms with E-state index < -0.39 is 0 Å². The van der Waals surface area contributed by atoms with Gasteiger partial charge in [0.15, 0.2) is 0 Å². The van der Waals surface area contributed by atoms with Crippen LogP contribution < -0.4 is 0 Å². The molecule has 1 aliphatic heterocycles. The molecule has 0 aliphatic carbocycles. The summed E-state index contributed by atoms with van der Waals surface area (Å²) in [7, 11) is 0. The van der Waals surface area contributed by atoms with Crippen LogP contribution in [-0.4, -0.2) is 54.3 Å². The molecule has 1 amide bonds. The molecular formula is C9H17ClN2O. The minimum absolute atomic E-state index is 0.474. The second kappa shape index (κ2) is 5.45. The van der Waals surface area contributed by atoms with Gasteiger partial charge in [-0.05, 0) is 19.9 Å². The lowest BCUT2D eigenvalue weighted by atomic mass is 10.2. The van der Waals surface area contributed by atoms with Crippen LogP contribution in [0.3, 0.4) is 0 Å². The summed E-state index contributed by atoms with van der Waals surface area (Å²) < 4.78 is 0. The van der Waals surface area contributed by atoms with Gasteiger partial charge in [0, 0.05) is 31.6 Å². The summed E-state index contributed by atoms with van der Waals surface area (Å²) in [5.74, 6) is 0.723. The van der Waals surface area contributed by atoms with Crippen molar-refractivity contribution in [3.63, 3.8) is 0 Å². The minimum Gasteiger partial charge on any atom is -0.342 e. The Kier molecular flexibility index (Phi) is 4.53. The van der Waals surface area contributed by atoms with E-state index in [1.807, 2.05) is 4.90 Å². The van der Waals surface area contributed by atoms with Gasteiger partial charge in [0.05, 0.1) is 0 Å². The molecule has 1 heterocycles. The number of halogens is 1. The monoisotopic (exact) mass is 204 g/mol. The molecule has 0 radical (unpaired) electrons. The Balaban J connectivity index is 2.30. The Morgan fingerprint density at radius 2 is 2.31 bits per heavy atom. The van der Waals surface area contributed by atoms with E-state index in [2.05, 4.69) is 11.8 Å². The van der Waals surface area contributed by atoms with E-state index in [1.54, 1.807) is 0 Å². The maximum atomic E-state index is 10.5. The molecule has 0 N–H and O–H groups in total. The van der Waals surface area contributed by atoms with Crippen LogP contribution in [0.5, 0.6) is 0 Å². The first-order valence-electron chi connectivity index (χ1n) is 4.77. The average Bonchev–Trinajstić information content (AvgIpc) is 2.16. The van der Waals surface area contributed by atoms with E-state index in [4.69, 9.17) is 11.6 Å². The lowest BCUT2D eigenvalue weighted by molar-refractivity contribution is -0.120. The van der Waals surface area contributed by atoms with Crippen LogP contribution in [0.4, 0.5) is 0 Å². The number of hydrogen-bond acceptors (Lipinski definition) is 2. The quantitative estimate of drug-likeness (QED) is 0.499. The normalized spacial score (nSPS) is 24.8. The van der Waals surface area contributed by atoms with Gasteiger partial charge in [0.2, 0.25) is 6.41 Å². The number of carbonyl (C=O) groups is 1. The summed E-state index contributed by atoms with van der Waals surface area (Å²) in [4.78, 5) is 14.7. The van der Waals surface area contributed by atoms with Crippen molar-refractivity contribution in [1.29, 1.82) is 0 Å². The maximum Gasteiger partial charge on any atom is 0.209 e. The van der Waals surface area contributed by atoms with Gasteiger partial charge in [0.1, 0.15) is 0 Å². The Bertz CT molecular complexity index is 166. The SMILES string of the molecule is CC1CN(C=O)CCN1CCCCl. The van der Waals surface area contributed by atoms with Gasteiger partial charge in [-0.2, -0.15) is 0 Å². The number of hydrogen-bond donors (Lipinski definition) is 0. The van der Waals surface area contributed by atoms with Gasteiger partial charge < -0.3 is 4.90 Å². The second-order valence-corrected chi connectivity index (χ2v) is 3.91. The number of carbonyl (C=O) groups excluding carboxylic acids is 1. The van der Waals surface area contributed by atoms with Gasteiger partial charge in [0.25, 0.3) is 0 Å². The number of alkyl halides is 1. The molecule has 4 heteroatoms. The largest absolute Gasteiger partial charge is 0.342 e. The molecule has 1 saturated heterocycles. The number of piperazine rings is 1. The molecule has 1 aliphatic rings. The maximum absolute atomic E-state index is 10.5. The van der Waals surface area contributed by atoms with Gasteiger partial charge in [-0.25, -0.2) is 0 Å². The molecule has 1 atom stereocenters. The number of rotatable bonds is 4. The zero-order valence-electron chi connectivity index (χ0n) is 8.08.